The van der Waals surface area contributed by atoms with E-state index in [1.54, 1.807) is 4.90 Å². The van der Waals surface area contributed by atoms with E-state index in [-0.39, 0.29) is 18.2 Å². The Labute approximate surface area is 156 Å². The lowest BCUT2D eigenvalue weighted by Crippen LogP contribution is -2.38. The van der Waals surface area contributed by atoms with Gasteiger partial charge in [-0.1, -0.05) is 24.3 Å². The lowest BCUT2D eigenvalue weighted by molar-refractivity contribution is -0.384. The van der Waals surface area contributed by atoms with Gasteiger partial charge < -0.3 is 9.64 Å². The summed E-state index contributed by atoms with van der Waals surface area (Å²) < 4.78 is 5.00. The second-order valence-electron chi connectivity index (χ2n) is 6.12. The molecule has 1 aliphatic rings. The van der Waals surface area contributed by atoms with Crippen LogP contribution in [0.15, 0.2) is 54.6 Å². The zero-order valence-corrected chi connectivity index (χ0v) is 14.5. The number of ether oxygens (including phenoxy) is 1. The summed E-state index contributed by atoms with van der Waals surface area (Å²) in [7, 11) is 0. The van der Waals surface area contributed by atoms with Gasteiger partial charge in [0.25, 0.3) is 11.6 Å². The number of carbonyl (C=O) groups excluding carboxylic acids is 2. The summed E-state index contributed by atoms with van der Waals surface area (Å²) in [4.78, 5) is 35.8. The summed E-state index contributed by atoms with van der Waals surface area (Å²) in [6.07, 6.45) is 3.46. The number of hydrogen-bond acceptors (Lipinski definition) is 5. The molecule has 1 amide bonds. The number of hydrogen-bond donors (Lipinski definition) is 0. The van der Waals surface area contributed by atoms with Crippen LogP contribution in [0.5, 0.6) is 0 Å². The van der Waals surface area contributed by atoms with Crippen molar-refractivity contribution in [1.82, 2.24) is 4.90 Å². The molecule has 1 aliphatic heterocycles. The Balaban J connectivity index is 1.49. The van der Waals surface area contributed by atoms with Crippen LogP contribution in [0.25, 0.3) is 6.08 Å². The minimum absolute atomic E-state index is 0.0246. The molecule has 0 saturated carbocycles. The maximum absolute atomic E-state index is 12.2. The third-order valence-electron chi connectivity index (χ3n) is 4.34. The third-order valence-corrected chi connectivity index (χ3v) is 4.34. The van der Waals surface area contributed by atoms with Crippen molar-refractivity contribution >= 4 is 23.6 Å². The van der Waals surface area contributed by atoms with E-state index < -0.39 is 10.9 Å². The van der Waals surface area contributed by atoms with Gasteiger partial charge in [0.15, 0.2) is 6.61 Å². The van der Waals surface area contributed by atoms with Gasteiger partial charge in [0.2, 0.25) is 0 Å². The van der Waals surface area contributed by atoms with Gasteiger partial charge in [-0.2, -0.15) is 0 Å². The van der Waals surface area contributed by atoms with E-state index in [9.17, 15) is 19.7 Å². The summed E-state index contributed by atoms with van der Waals surface area (Å²) in [6.45, 7) is 0.808. The molecule has 7 nitrogen and oxygen atoms in total. The van der Waals surface area contributed by atoms with E-state index in [1.807, 2.05) is 18.2 Å². The Morgan fingerprint density at radius 3 is 2.52 bits per heavy atom. The van der Waals surface area contributed by atoms with Crippen molar-refractivity contribution in [2.24, 2.45) is 0 Å². The lowest BCUT2D eigenvalue weighted by atomic mass is 10.00. The van der Waals surface area contributed by atoms with Crippen LogP contribution >= 0.6 is 0 Å². The zero-order valence-electron chi connectivity index (χ0n) is 14.5. The molecule has 2 aromatic rings. The largest absolute Gasteiger partial charge is 0.452 e. The molecule has 0 spiro atoms. The predicted molar refractivity (Wildman–Crippen MR) is 98.7 cm³/mol. The van der Waals surface area contributed by atoms with Crippen molar-refractivity contribution in [3.8, 4) is 0 Å². The molecule has 1 heterocycles. The summed E-state index contributed by atoms with van der Waals surface area (Å²) in [6, 6.07) is 13.7. The summed E-state index contributed by atoms with van der Waals surface area (Å²) in [5, 5.41) is 10.6. The fourth-order valence-electron chi connectivity index (χ4n) is 2.85. The minimum Gasteiger partial charge on any atom is -0.452 e. The summed E-state index contributed by atoms with van der Waals surface area (Å²) in [5.74, 6) is -0.874. The highest BCUT2D eigenvalue weighted by atomic mass is 16.6. The van der Waals surface area contributed by atoms with E-state index >= 15 is 0 Å². The second kappa shape index (κ2) is 8.27. The third kappa shape index (κ3) is 4.78. The van der Waals surface area contributed by atoms with E-state index in [1.165, 1.54) is 42.0 Å². The first-order chi connectivity index (χ1) is 13.0. The molecule has 0 aromatic heterocycles. The van der Waals surface area contributed by atoms with Crippen molar-refractivity contribution < 1.29 is 19.2 Å². The molecule has 2 aromatic carbocycles. The molecule has 138 valence electrons. The number of nitro groups is 1. The van der Waals surface area contributed by atoms with Gasteiger partial charge in [0.05, 0.1) is 4.92 Å². The Kier molecular flexibility index (Phi) is 5.61. The molecular weight excluding hydrogens is 348 g/mol. The predicted octanol–water partition coefficient (Wildman–Crippen LogP) is 2.74. The van der Waals surface area contributed by atoms with E-state index in [2.05, 4.69) is 6.07 Å². The average molecular weight is 366 g/mol. The van der Waals surface area contributed by atoms with E-state index in [0.717, 1.165) is 12.0 Å². The van der Waals surface area contributed by atoms with Crippen LogP contribution < -0.4 is 0 Å². The number of fused-ring (bicyclic) bond motifs is 1. The zero-order chi connectivity index (χ0) is 19.2. The molecule has 0 atom stereocenters. The van der Waals surface area contributed by atoms with Gasteiger partial charge >= 0.3 is 5.97 Å². The lowest BCUT2D eigenvalue weighted by Gasteiger charge is -2.28. The maximum atomic E-state index is 12.2. The highest BCUT2D eigenvalue weighted by molar-refractivity contribution is 5.89. The second-order valence-corrected chi connectivity index (χ2v) is 6.12. The van der Waals surface area contributed by atoms with Crippen LogP contribution in [-0.2, 0) is 27.3 Å². The van der Waals surface area contributed by atoms with Gasteiger partial charge in [-0.05, 0) is 41.3 Å². The quantitative estimate of drug-likeness (QED) is 0.351. The highest BCUT2D eigenvalue weighted by Gasteiger charge is 2.20. The molecule has 0 unspecified atom stereocenters. The number of rotatable bonds is 5. The monoisotopic (exact) mass is 366 g/mol. The van der Waals surface area contributed by atoms with E-state index in [4.69, 9.17) is 4.74 Å². The normalized spacial score (nSPS) is 13.3. The number of nitro benzene ring substituents is 1. The molecule has 0 N–H and O–H groups in total. The van der Waals surface area contributed by atoms with Gasteiger partial charge in [-0.3, -0.25) is 14.9 Å². The number of amides is 1. The molecule has 0 fully saturated rings. The average Bonchev–Trinajstić information content (AvgIpc) is 2.70. The molecule has 0 saturated heterocycles. The van der Waals surface area contributed by atoms with Crippen molar-refractivity contribution in [3.63, 3.8) is 0 Å². The Bertz CT molecular complexity index is 890. The summed E-state index contributed by atoms with van der Waals surface area (Å²) >= 11 is 0. The Morgan fingerprint density at radius 1 is 1.11 bits per heavy atom. The number of esters is 1. The molecule has 0 aliphatic carbocycles. The number of carbonyl (C=O) groups is 2. The van der Waals surface area contributed by atoms with Gasteiger partial charge in [0.1, 0.15) is 0 Å². The van der Waals surface area contributed by atoms with Crippen LogP contribution in [0.1, 0.15) is 16.7 Å². The number of nitrogens with zero attached hydrogens (tertiary/aromatic N) is 2. The van der Waals surface area contributed by atoms with Gasteiger partial charge in [-0.25, -0.2) is 4.79 Å². The molecule has 3 rings (SSSR count). The standard InChI is InChI=1S/C20H18N2O5/c23-19(21-12-11-16-3-1-2-4-17(16)13-21)14-27-20(24)10-7-15-5-8-18(9-6-15)22(25)26/h1-10H,11-14H2/b10-7+. The number of benzene rings is 2. The van der Waals surface area contributed by atoms with Crippen molar-refractivity contribution in [1.29, 1.82) is 0 Å². The molecule has 7 heteroatoms. The molecular formula is C20H18N2O5. The van der Waals surface area contributed by atoms with Crippen LogP contribution in [0.2, 0.25) is 0 Å². The first-order valence-electron chi connectivity index (χ1n) is 8.47. The molecule has 0 bridgehead atoms. The van der Waals surface area contributed by atoms with Gasteiger partial charge in [0, 0.05) is 31.3 Å². The first kappa shape index (κ1) is 18.3. The van der Waals surface area contributed by atoms with Crippen LogP contribution in [0, 0.1) is 10.1 Å². The fraction of sp³-hybridized carbons (Fsp3) is 0.200. The molecule has 27 heavy (non-hydrogen) atoms. The first-order valence-corrected chi connectivity index (χ1v) is 8.47. The fourth-order valence-corrected chi connectivity index (χ4v) is 2.85. The summed E-state index contributed by atoms with van der Waals surface area (Å²) in [5.41, 5.74) is 2.95. The number of non-ortho nitro benzene ring substituents is 1. The van der Waals surface area contributed by atoms with Gasteiger partial charge in [-0.15, -0.1) is 0 Å². The van der Waals surface area contributed by atoms with Crippen LogP contribution in [0.3, 0.4) is 0 Å². The Hall–Kier alpha value is -3.48. The highest BCUT2D eigenvalue weighted by Crippen LogP contribution is 2.18. The van der Waals surface area contributed by atoms with Crippen molar-refractivity contribution in [2.45, 2.75) is 13.0 Å². The SMILES string of the molecule is O=C(/C=C/c1ccc([N+](=O)[O-])cc1)OCC(=O)N1CCc2ccccc2C1. The van der Waals surface area contributed by atoms with Crippen molar-refractivity contribution in [2.75, 3.05) is 13.2 Å². The van der Waals surface area contributed by atoms with Crippen molar-refractivity contribution in [3.05, 3.63) is 81.4 Å². The minimum atomic E-state index is -0.640. The topological polar surface area (TPSA) is 89.7 Å². The smallest absolute Gasteiger partial charge is 0.331 e. The Morgan fingerprint density at radius 2 is 1.81 bits per heavy atom. The maximum Gasteiger partial charge on any atom is 0.331 e. The molecule has 0 radical (unpaired) electrons. The van der Waals surface area contributed by atoms with Crippen LogP contribution in [-0.4, -0.2) is 34.9 Å². The van der Waals surface area contributed by atoms with Crippen LogP contribution in [0.4, 0.5) is 5.69 Å². The van der Waals surface area contributed by atoms with E-state index in [0.29, 0.717) is 18.7 Å².